The molecule has 7 heteroatoms. The number of nitrogens with zero attached hydrogens (tertiary/aromatic N) is 4. The van der Waals surface area contributed by atoms with Crippen molar-refractivity contribution >= 4 is 22.4 Å². The minimum absolute atomic E-state index is 0.0421. The molecule has 2 fully saturated rings. The predicted octanol–water partition coefficient (Wildman–Crippen LogP) is 3.01. The minimum atomic E-state index is 0.0421. The second-order valence-electron chi connectivity index (χ2n) is 9.20. The lowest BCUT2D eigenvalue weighted by molar-refractivity contribution is 0.160. The molecule has 3 aromatic rings. The van der Waals surface area contributed by atoms with Crippen LogP contribution in [0.3, 0.4) is 0 Å². The number of nitrogens with one attached hydrogen (secondary N) is 2. The Labute approximate surface area is 186 Å². The van der Waals surface area contributed by atoms with Gasteiger partial charge in [0, 0.05) is 55.4 Å². The lowest BCUT2D eigenvalue weighted by atomic mass is 10.0. The molecule has 5 heterocycles. The summed E-state index contributed by atoms with van der Waals surface area (Å²) in [7, 11) is 0. The molecule has 2 unspecified atom stereocenters. The molecule has 2 aromatic heterocycles. The van der Waals surface area contributed by atoms with E-state index in [2.05, 4.69) is 49.4 Å². The Morgan fingerprint density at radius 1 is 1.16 bits per heavy atom. The molecule has 0 spiro atoms. The lowest BCUT2D eigenvalue weighted by Gasteiger charge is -2.41. The number of anilines is 2. The van der Waals surface area contributed by atoms with Crippen LogP contribution in [0, 0.1) is 11.3 Å². The average molecular weight is 427 g/mol. The summed E-state index contributed by atoms with van der Waals surface area (Å²) in [5.41, 5.74) is 4.72. The van der Waals surface area contributed by atoms with Crippen LogP contribution in [0.2, 0.25) is 0 Å². The highest BCUT2D eigenvalue weighted by Crippen LogP contribution is 2.34. The van der Waals surface area contributed by atoms with E-state index >= 15 is 0 Å². The fraction of sp³-hybridized carbons (Fsp3) is 0.400. The van der Waals surface area contributed by atoms with Crippen molar-refractivity contribution in [2.45, 2.75) is 44.3 Å². The van der Waals surface area contributed by atoms with Gasteiger partial charge in [0.1, 0.15) is 11.9 Å². The first kappa shape index (κ1) is 19.3. The molecule has 0 aliphatic carbocycles. The Hall–Kier alpha value is -3.37. The first-order chi connectivity index (χ1) is 15.7. The van der Waals surface area contributed by atoms with Crippen LogP contribution >= 0.6 is 0 Å². The van der Waals surface area contributed by atoms with Crippen LogP contribution in [0.5, 0.6) is 0 Å². The van der Waals surface area contributed by atoms with Crippen LogP contribution in [0.4, 0.5) is 11.5 Å². The van der Waals surface area contributed by atoms with E-state index in [-0.39, 0.29) is 5.56 Å². The van der Waals surface area contributed by atoms with E-state index in [9.17, 15) is 4.79 Å². The number of H-pyrrole nitrogens is 1. The topological polar surface area (TPSA) is 88.0 Å². The zero-order chi connectivity index (χ0) is 21.7. The van der Waals surface area contributed by atoms with Crippen LogP contribution in [-0.2, 0) is 13.0 Å². The summed E-state index contributed by atoms with van der Waals surface area (Å²) < 4.78 is 0. The van der Waals surface area contributed by atoms with Crippen molar-refractivity contribution in [3.63, 3.8) is 0 Å². The highest BCUT2D eigenvalue weighted by atomic mass is 16.1. The monoisotopic (exact) mass is 426 g/mol. The van der Waals surface area contributed by atoms with Crippen LogP contribution in [-0.4, -0.2) is 46.6 Å². The molecule has 2 saturated heterocycles. The molecular weight excluding hydrogens is 400 g/mol. The van der Waals surface area contributed by atoms with Gasteiger partial charge in [-0.25, -0.2) is 4.98 Å². The SMILES string of the molecule is N#Cc1ccc(N2CC3CCC(C2)N3Cc2ccc3c4c(c(=O)[nH]c3c2)CCCN4)nc1. The van der Waals surface area contributed by atoms with Crippen molar-refractivity contribution < 1.29 is 0 Å². The number of hydrogen-bond acceptors (Lipinski definition) is 6. The smallest absolute Gasteiger partial charge is 0.253 e. The minimum Gasteiger partial charge on any atom is -0.384 e. The number of piperazine rings is 1. The molecule has 0 amide bonds. The van der Waals surface area contributed by atoms with E-state index in [1.54, 1.807) is 6.20 Å². The van der Waals surface area contributed by atoms with E-state index in [4.69, 9.17) is 5.26 Å². The summed E-state index contributed by atoms with van der Waals surface area (Å²) in [4.78, 5) is 25.2. The summed E-state index contributed by atoms with van der Waals surface area (Å²) >= 11 is 0. The Bertz CT molecular complexity index is 1260. The van der Waals surface area contributed by atoms with Gasteiger partial charge >= 0.3 is 0 Å². The maximum Gasteiger partial charge on any atom is 0.253 e. The third-order valence-corrected chi connectivity index (χ3v) is 7.28. The van der Waals surface area contributed by atoms with Crippen LogP contribution in [0.1, 0.15) is 36.0 Å². The fourth-order valence-corrected chi connectivity index (χ4v) is 5.69. The standard InChI is InChI=1S/C25H26N6O/c26-11-17-4-8-23(28-12-17)30-14-18-5-6-19(15-30)31(18)13-16-3-7-20-22(10-16)29-25(32)21-2-1-9-27-24(20)21/h3-4,7-8,10,12,18-19,27H,1-2,5-6,9,13-15H2,(H,29,32). The molecule has 2 bridgehead atoms. The van der Waals surface area contributed by atoms with Gasteiger partial charge in [-0.05, 0) is 49.4 Å². The maximum atomic E-state index is 12.6. The van der Waals surface area contributed by atoms with Gasteiger partial charge in [0.25, 0.3) is 5.56 Å². The van der Waals surface area contributed by atoms with E-state index in [1.165, 1.54) is 18.4 Å². The average Bonchev–Trinajstić information content (AvgIpc) is 3.05. The summed E-state index contributed by atoms with van der Waals surface area (Å²) in [5.74, 6) is 0.959. The van der Waals surface area contributed by atoms with Gasteiger partial charge in [0.2, 0.25) is 0 Å². The number of aromatic nitrogens is 2. The number of fused-ring (bicyclic) bond motifs is 5. The summed E-state index contributed by atoms with van der Waals surface area (Å²) in [6.45, 7) is 3.73. The first-order valence-corrected chi connectivity index (χ1v) is 11.5. The quantitative estimate of drug-likeness (QED) is 0.669. The molecule has 7 nitrogen and oxygen atoms in total. The number of aromatic amines is 1. The molecule has 3 aliphatic rings. The summed E-state index contributed by atoms with van der Waals surface area (Å²) in [6.07, 6.45) is 5.90. The van der Waals surface area contributed by atoms with Crippen molar-refractivity contribution in [1.82, 2.24) is 14.9 Å². The third-order valence-electron chi connectivity index (χ3n) is 7.28. The van der Waals surface area contributed by atoms with Crippen molar-refractivity contribution in [1.29, 1.82) is 5.26 Å². The molecule has 0 saturated carbocycles. The number of pyridine rings is 2. The highest BCUT2D eigenvalue weighted by Gasteiger charge is 2.40. The van der Waals surface area contributed by atoms with Crippen molar-refractivity contribution in [3.05, 3.63) is 63.6 Å². The highest BCUT2D eigenvalue weighted by molar-refractivity contribution is 5.93. The zero-order valence-electron chi connectivity index (χ0n) is 18.0. The molecule has 3 aliphatic heterocycles. The molecule has 0 radical (unpaired) electrons. The van der Waals surface area contributed by atoms with Gasteiger partial charge in [-0.1, -0.05) is 12.1 Å². The first-order valence-electron chi connectivity index (χ1n) is 11.5. The second-order valence-corrected chi connectivity index (χ2v) is 9.20. The van der Waals surface area contributed by atoms with E-state index in [1.807, 2.05) is 12.1 Å². The lowest BCUT2D eigenvalue weighted by Crippen LogP contribution is -2.53. The largest absolute Gasteiger partial charge is 0.384 e. The summed E-state index contributed by atoms with van der Waals surface area (Å²) in [6, 6.07) is 13.5. The number of rotatable bonds is 3. The molecule has 32 heavy (non-hydrogen) atoms. The van der Waals surface area contributed by atoms with Gasteiger partial charge in [0.05, 0.1) is 16.8 Å². The summed E-state index contributed by atoms with van der Waals surface area (Å²) in [5, 5.41) is 13.6. The van der Waals surface area contributed by atoms with Crippen LogP contribution in [0.25, 0.3) is 10.9 Å². The van der Waals surface area contributed by atoms with E-state index in [0.29, 0.717) is 17.6 Å². The zero-order valence-corrected chi connectivity index (χ0v) is 18.0. The Kier molecular flexibility index (Phi) is 4.62. The maximum absolute atomic E-state index is 12.6. The predicted molar refractivity (Wildman–Crippen MR) is 125 cm³/mol. The second kappa shape index (κ2) is 7.64. The number of hydrogen-bond donors (Lipinski definition) is 2. The Morgan fingerprint density at radius 2 is 2.00 bits per heavy atom. The van der Waals surface area contributed by atoms with Crippen molar-refractivity contribution in [2.24, 2.45) is 0 Å². The van der Waals surface area contributed by atoms with E-state index in [0.717, 1.165) is 67.0 Å². The Morgan fingerprint density at radius 3 is 2.75 bits per heavy atom. The van der Waals surface area contributed by atoms with Gasteiger partial charge in [-0.2, -0.15) is 5.26 Å². The molecule has 6 rings (SSSR count). The van der Waals surface area contributed by atoms with Gasteiger partial charge < -0.3 is 15.2 Å². The van der Waals surface area contributed by atoms with Gasteiger partial charge in [-0.15, -0.1) is 0 Å². The number of nitriles is 1. The fourth-order valence-electron chi connectivity index (χ4n) is 5.69. The van der Waals surface area contributed by atoms with Crippen LogP contribution < -0.4 is 15.8 Å². The van der Waals surface area contributed by atoms with Crippen LogP contribution in [0.15, 0.2) is 41.3 Å². The third kappa shape index (κ3) is 3.23. The van der Waals surface area contributed by atoms with Crippen molar-refractivity contribution in [2.75, 3.05) is 29.9 Å². The van der Waals surface area contributed by atoms with Gasteiger partial charge in [0.15, 0.2) is 0 Å². The normalized spacial score (nSPS) is 22.4. The van der Waals surface area contributed by atoms with Crippen molar-refractivity contribution in [3.8, 4) is 6.07 Å². The molecular formula is C25H26N6O. The molecule has 2 atom stereocenters. The van der Waals surface area contributed by atoms with Gasteiger partial charge in [-0.3, -0.25) is 9.69 Å². The molecule has 1 aromatic carbocycles. The Balaban J connectivity index is 1.23. The molecule has 162 valence electrons. The van der Waals surface area contributed by atoms with E-state index < -0.39 is 0 Å². The molecule has 2 N–H and O–H groups in total. The number of benzene rings is 1.